The van der Waals surface area contributed by atoms with Crippen molar-refractivity contribution in [1.82, 2.24) is 0 Å². The molecule has 3 nitrogen and oxygen atoms in total. The summed E-state index contributed by atoms with van der Waals surface area (Å²) in [7, 11) is 0. The molecule has 0 aliphatic rings. The van der Waals surface area contributed by atoms with Gasteiger partial charge < -0.3 is 10.8 Å². The second-order valence-electron chi connectivity index (χ2n) is 2.58. The number of rotatable bonds is 6. The number of unbranched alkanes of at least 4 members (excludes halogenated alkanes) is 1. The van der Waals surface area contributed by atoms with Crippen molar-refractivity contribution >= 4 is 5.97 Å². The Bertz CT molecular complexity index is 134. The van der Waals surface area contributed by atoms with Gasteiger partial charge in [0.2, 0.25) is 0 Å². The maximum Gasteiger partial charge on any atom is 0.304 e. The smallest absolute Gasteiger partial charge is 0.304 e. The van der Waals surface area contributed by atoms with Crippen molar-refractivity contribution < 1.29 is 9.90 Å². The lowest BCUT2D eigenvalue weighted by Crippen LogP contribution is -2.23. The van der Waals surface area contributed by atoms with E-state index in [0.717, 1.165) is 19.3 Å². The SMILES string of the molecule is C=CCCC[C@H](N)CC(=O)O. The number of carboxylic acid groups (broad SMARTS) is 1. The van der Waals surface area contributed by atoms with E-state index in [2.05, 4.69) is 6.58 Å². The van der Waals surface area contributed by atoms with E-state index in [0.29, 0.717) is 0 Å². The highest BCUT2D eigenvalue weighted by Gasteiger charge is 2.06. The molecule has 0 aromatic carbocycles. The van der Waals surface area contributed by atoms with Crippen LogP contribution in [0.1, 0.15) is 25.7 Å². The number of nitrogens with two attached hydrogens (primary N) is 1. The maximum atomic E-state index is 10.1. The summed E-state index contributed by atoms with van der Waals surface area (Å²) in [6, 6.07) is -0.201. The molecule has 0 bridgehead atoms. The molecule has 1 atom stereocenters. The fraction of sp³-hybridized carbons (Fsp3) is 0.625. The average Bonchev–Trinajstić information content (AvgIpc) is 1.86. The topological polar surface area (TPSA) is 63.3 Å². The lowest BCUT2D eigenvalue weighted by Gasteiger charge is -2.06. The van der Waals surface area contributed by atoms with E-state index in [9.17, 15) is 4.79 Å². The molecule has 0 heterocycles. The van der Waals surface area contributed by atoms with E-state index in [1.165, 1.54) is 0 Å². The normalized spacial score (nSPS) is 12.5. The molecule has 0 aromatic heterocycles. The van der Waals surface area contributed by atoms with Crippen molar-refractivity contribution in [1.29, 1.82) is 0 Å². The first kappa shape index (κ1) is 10.2. The van der Waals surface area contributed by atoms with Gasteiger partial charge >= 0.3 is 5.97 Å². The van der Waals surface area contributed by atoms with Crippen LogP contribution in [-0.2, 0) is 4.79 Å². The van der Waals surface area contributed by atoms with Gasteiger partial charge in [0.15, 0.2) is 0 Å². The lowest BCUT2D eigenvalue weighted by atomic mass is 10.1. The summed E-state index contributed by atoms with van der Waals surface area (Å²) in [6.45, 7) is 3.56. The third-order valence-corrected chi connectivity index (χ3v) is 1.42. The van der Waals surface area contributed by atoms with Gasteiger partial charge in [-0.3, -0.25) is 4.79 Å². The molecular formula is C8H15NO2. The van der Waals surface area contributed by atoms with E-state index in [1.807, 2.05) is 6.08 Å². The van der Waals surface area contributed by atoms with Gasteiger partial charge in [0.1, 0.15) is 0 Å². The van der Waals surface area contributed by atoms with Gasteiger partial charge in [-0.25, -0.2) is 0 Å². The molecular weight excluding hydrogens is 142 g/mol. The third kappa shape index (κ3) is 7.06. The van der Waals surface area contributed by atoms with E-state index < -0.39 is 5.97 Å². The van der Waals surface area contributed by atoms with Gasteiger partial charge in [-0.1, -0.05) is 6.08 Å². The van der Waals surface area contributed by atoms with Gasteiger partial charge in [-0.2, -0.15) is 0 Å². The minimum Gasteiger partial charge on any atom is -0.481 e. The summed E-state index contributed by atoms with van der Waals surface area (Å²) in [5, 5.41) is 8.34. The Balaban J connectivity index is 3.28. The van der Waals surface area contributed by atoms with Crippen LogP contribution in [0.4, 0.5) is 0 Å². The number of aliphatic carboxylic acids is 1. The first-order valence-electron chi connectivity index (χ1n) is 3.75. The number of hydrogen-bond donors (Lipinski definition) is 2. The minimum atomic E-state index is -0.823. The number of allylic oxidation sites excluding steroid dienone is 1. The monoisotopic (exact) mass is 157 g/mol. The summed E-state index contributed by atoms with van der Waals surface area (Å²) in [5.74, 6) is -0.823. The molecule has 0 fully saturated rings. The zero-order valence-electron chi connectivity index (χ0n) is 6.62. The minimum absolute atomic E-state index is 0.0666. The van der Waals surface area contributed by atoms with Gasteiger partial charge in [0.25, 0.3) is 0 Å². The van der Waals surface area contributed by atoms with Crippen LogP contribution >= 0.6 is 0 Å². The molecule has 0 rings (SSSR count). The Hall–Kier alpha value is -0.830. The molecule has 0 aliphatic carbocycles. The highest BCUT2D eigenvalue weighted by atomic mass is 16.4. The third-order valence-electron chi connectivity index (χ3n) is 1.42. The molecule has 0 amide bonds. The van der Waals surface area contributed by atoms with Crippen LogP contribution in [0.3, 0.4) is 0 Å². The molecule has 0 unspecified atom stereocenters. The Kier molecular flexibility index (Phi) is 5.47. The molecule has 0 saturated carbocycles. The number of carbonyl (C=O) groups is 1. The van der Waals surface area contributed by atoms with E-state index >= 15 is 0 Å². The van der Waals surface area contributed by atoms with Crippen molar-refractivity contribution in [2.45, 2.75) is 31.7 Å². The van der Waals surface area contributed by atoms with Crippen LogP contribution in [0.5, 0.6) is 0 Å². The summed E-state index contributed by atoms with van der Waals surface area (Å²) in [4.78, 5) is 10.1. The quantitative estimate of drug-likeness (QED) is 0.449. The Morgan fingerprint density at radius 2 is 2.36 bits per heavy atom. The zero-order valence-corrected chi connectivity index (χ0v) is 6.62. The standard InChI is InChI=1S/C8H15NO2/c1-2-3-4-5-7(9)6-8(10)11/h2,7H,1,3-6,9H2,(H,10,11)/t7-/m0/s1. The molecule has 0 radical (unpaired) electrons. The van der Waals surface area contributed by atoms with Crippen LogP contribution in [0.15, 0.2) is 12.7 Å². The largest absolute Gasteiger partial charge is 0.481 e. The molecule has 3 heteroatoms. The summed E-state index contributed by atoms with van der Waals surface area (Å²) >= 11 is 0. The predicted molar refractivity (Wildman–Crippen MR) is 44.3 cm³/mol. The highest BCUT2D eigenvalue weighted by molar-refractivity contribution is 5.67. The molecule has 11 heavy (non-hydrogen) atoms. The summed E-state index contributed by atoms with van der Waals surface area (Å²) in [5.41, 5.74) is 5.50. The van der Waals surface area contributed by atoms with Crippen LogP contribution in [0, 0.1) is 0 Å². The number of carboxylic acids is 1. The van der Waals surface area contributed by atoms with Crippen molar-refractivity contribution in [3.05, 3.63) is 12.7 Å². The highest BCUT2D eigenvalue weighted by Crippen LogP contribution is 2.02. The first-order valence-corrected chi connectivity index (χ1v) is 3.75. The fourth-order valence-electron chi connectivity index (χ4n) is 0.851. The van der Waals surface area contributed by atoms with Crippen LogP contribution in [0.2, 0.25) is 0 Å². The van der Waals surface area contributed by atoms with Gasteiger partial charge in [0.05, 0.1) is 6.42 Å². The predicted octanol–water partition coefficient (Wildman–Crippen LogP) is 1.14. The Morgan fingerprint density at radius 3 is 2.82 bits per heavy atom. The molecule has 64 valence electrons. The Morgan fingerprint density at radius 1 is 1.73 bits per heavy atom. The zero-order chi connectivity index (χ0) is 8.69. The molecule has 0 saturated heterocycles. The van der Waals surface area contributed by atoms with Gasteiger partial charge in [-0.05, 0) is 19.3 Å². The molecule has 3 N–H and O–H groups in total. The van der Waals surface area contributed by atoms with E-state index in [1.54, 1.807) is 0 Å². The lowest BCUT2D eigenvalue weighted by molar-refractivity contribution is -0.137. The van der Waals surface area contributed by atoms with Crippen molar-refractivity contribution in [3.8, 4) is 0 Å². The number of hydrogen-bond acceptors (Lipinski definition) is 2. The van der Waals surface area contributed by atoms with Crippen LogP contribution < -0.4 is 5.73 Å². The fourth-order valence-corrected chi connectivity index (χ4v) is 0.851. The molecule has 0 spiro atoms. The van der Waals surface area contributed by atoms with Gasteiger partial charge in [-0.15, -0.1) is 6.58 Å². The Labute approximate surface area is 66.9 Å². The second-order valence-corrected chi connectivity index (χ2v) is 2.58. The van der Waals surface area contributed by atoms with Crippen molar-refractivity contribution in [3.63, 3.8) is 0 Å². The second kappa shape index (κ2) is 5.92. The molecule has 0 aromatic rings. The van der Waals surface area contributed by atoms with Crippen molar-refractivity contribution in [2.75, 3.05) is 0 Å². The van der Waals surface area contributed by atoms with Gasteiger partial charge in [0, 0.05) is 6.04 Å². The maximum absolute atomic E-state index is 10.1. The van der Waals surface area contributed by atoms with Crippen LogP contribution in [0.25, 0.3) is 0 Å². The summed E-state index contributed by atoms with van der Waals surface area (Å²) < 4.78 is 0. The van der Waals surface area contributed by atoms with Crippen molar-refractivity contribution in [2.24, 2.45) is 5.73 Å². The van der Waals surface area contributed by atoms with Crippen LogP contribution in [-0.4, -0.2) is 17.1 Å². The molecule has 0 aliphatic heterocycles. The summed E-state index contributed by atoms with van der Waals surface area (Å²) in [6.07, 6.45) is 4.48. The first-order chi connectivity index (χ1) is 5.16. The van der Waals surface area contributed by atoms with E-state index in [-0.39, 0.29) is 12.5 Å². The average molecular weight is 157 g/mol. The van der Waals surface area contributed by atoms with E-state index in [4.69, 9.17) is 10.8 Å².